The van der Waals surface area contributed by atoms with Crippen LogP contribution in [0.3, 0.4) is 0 Å². The minimum absolute atomic E-state index is 0. The molecule has 0 radical (unpaired) electrons. The summed E-state index contributed by atoms with van der Waals surface area (Å²) in [6.07, 6.45) is 4.86. The Morgan fingerprint density at radius 2 is 1.85 bits per heavy atom. The Balaban J connectivity index is 0.00000200. The van der Waals surface area contributed by atoms with Crippen LogP contribution < -0.4 is 15.8 Å². The number of ether oxygens (including phenoxy) is 1. The van der Waals surface area contributed by atoms with Crippen molar-refractivity contribution in [2.45, 2.75) is 37.6 Å². The standard InChI is InChI=1S/C15H22N2O2.ClH/c16-15(9-5-2-6-10-15)14(18)17-11-12-19-13-7-3-1-4-8-13;/h1,3-4,7-8H,2,5-6,9-12,16H2,(H,17,18);1H. The maximum absolute atomic E-state index is 12.0. The SMILES string of the molecule is Cl.NC1(C(=O)NCCOc2ccccc2)CCCCC1. The number of carbonyl (C=O) groups is 1. The molecular weight excluding hydrogens is 276 g/mol. The van der Waals surface area contributed by atoms with Crippen LogP contribution in [0.1, 0.15) is 32.1 Å². The number of nitrogens with one attached hydrogen (secondary N) is 1. The van der Waals surface area contributed by atoms with Crippen molar-refractivity contribution in [1.82, 2.24) is 5.32 Å². The van der Waals surface area contributed by atoms with Gasteiger partial charge in [-0.2, -0.15) is 0 Å². The normalized spacial score (nSPS) is 16.9. The summed E-state index contributed by atoms with van der Waals surface area (Å²) in [5.74, 6) is 0.778. The highest BCUT2D eigenvalue weighted by molar-refractivity contribution is 5.86. The Kier molecular flexibility index (Phi) is 6.82. The van der Waals surface area contributed by atoms with Crippen LogP contribution >= 0.6 is 12.4 Å². The molecule has 0 atom stereocenters. The molecule has 5 heteroatoms. The second kappa shape index (κ2) is 8.12. The van der Waals surface area contributed by atoms with E-state index in [0.29, 0.717) is 13.2 Å². The summed E-state index contributed by atoms with van der Waals surface area (Å²) in [5.41, 5.74) is 5.48. The summed E-state index contributed by atoms with van der Waals surface area (Å²) in [4.78, 5) is 12.0. The Hall–Kier alpha value is -1.26. The summed E-state index contributed by atoms with van der Waals surface area (Å²) in [6, 6.07) is 9.58. The van der Waals surface area contributed by atoms with Crippen molar-refractivity contribution in [3.05, 3.63) is 30.3 Å². The van der Waals surface area contributed by atoms with Gasteiger partial charge in [0, 0.05) is 0 Å². The fraction of sp³-hybridized carbons (Fsp3) is 0.533. The highest BCUT2D eigenvalue weighted by atomic mass is 35.5. The van der Waals surface area contributed by atoms with Crippen molar-refractivity contribution in [3.8, 4) is 5.75 Å². The molecule has 0 spiro atoms. The lowest BCUT2D eigenvalue weighted by molar-refractivity contribution is -0.127. The molecule has 1 aromatic carbocycles. The van der Waals surface area contributed by atoms with Crippen molar-refractivity contribution in [3.63, 3.8) is 0 Å². The molecule has 0 heterocycles. The molecule has 20 heavy (non-hydrogen) atoms. The van der Waals surface area contributed by atoms with E-state index < -0.39 is 5.54 Å². The summed E-state index contributed by atoms with van der Waals surface area (Å²) in [6.45, 7) is 0.957. The molecule has 1 aromatic rings. The number of carbonyl (C=O) groups excluding carboxylic acids is 1. The lowest BCUT2D eigenvalue weighted by Gasteiger charge is -2.31. The number of amides is 1. The predicted molar refractivity (Wildman–Crippen MR) is 82.2 cm³/mol. The monoisotopic (exact) mass is 298 g/mol. The Morgan fingerprint density at radius 3 is 2.50 bits per heavy atom. The van der Waals surface area contributed by atoms with E-state index in [2.05, 4.69) is 5.32 Å². The summed E-state index contributed by atoms with van der Waals surface area (Å²) >= 11 is 0. The zero-order chi connectivity index (χ0) is 13.6. The quantitative estimate of drug-likeness (QED) is 0.820. The first-order valence-corrected chi connectivity index (χ1v) is 6.96. The van der Waals surface area contributed by atoms with Crippen LogP contribution in [0.5, 0.6) is 5.75 Å². The lowest BCUT2D eigenvalue weighted by Crippen LogP contribution is -2.55. The van der Waals surface area contributed by atoms with Crippen LogP contribution in [-0.4, -0.2) is 24.6 Å². The Labute approximate surface area is 126 Å². The van der Waals surface area contributed by atoms with Gasteiger partial charge in [0.15, 0.2) is 0 Å². The van der Waals surface area contributed by atoms with Gasteiger partial charge in [0.05, 0.1) is 12.1 Å². The molecule has 2 rings (SSSR count). The highest BCUT2D eigenvalue weighted by Crippen LogP contribution is 2.25. The molecule has 1 fully saturated rings. The van der Waals surface area contributed by atoms with E-state index in [4.69, 9.17) is 10.5 Å². The summed E-state index contributed by atoms with van der Waals surface area (Å²) < 4.78 is 5.52. The van der Waals surface area contributed by atoms with Crippen LogP contribution in [0, 0.1) is 0 Å². The van der Waals surface area contributed by atoms with Crippen molar-refractivity contribution >= 4 is 18.3 Å². The van der Waals surface area contributed by atoms with E-state index in [1.807, 2.05) is 30.3 Å². The van der Waals surface area contributed by atoms with Crippen molar-refractivity contribution in [2.24, 2.45) is 5.73 Å². The zero-order valence-corrected chi connectivity index (χ0v) is 12.5. The van der Waals surface area contributed by atoms with E-state index in [1.54, 1.807) is 0 Å². The first-order chi connectivity index (χ1) is 9.21. The van der Waals surface area contributed by atoms with Crippen LogP contribution in [0.25, 0.3) is 0 Å². The number of para-hydroxylation sites is 1. The first-order valence-electron chi connectivity index (χ1n) is 6.96. The number of rotatable bonds is 5. The summed E-state index contributed by atoms with van der Waals surface area (Å²) in [7, 11) is 0. The maximum atomic E-state index is 12.0. The third kappa shape index (κ3) is 4.69. The Bertz CT molecular complexity index is 406. The van der Waals surface area contributed by atoms with Crippen LogP contribution in [0.2, 0.25) is 0 Å². The number of nitrogens with two attached hydrogens (primary N) is 1. The number of benzene rings is 1. The second-order valence-electron chi connectivity index (χ2n) is 5.13. The van der Waals surface area contributed by atoms with E-state index >= 15 is 0 Å². The molecule has 0 bridgehead atoms. The molecule has 0 saturated heterocycles. The lowest BCUT2D eigenvalue weighted by atomic mass is 9.82. The number of halogens is 1. The summed E-state index contributed by atoms with van der Waals surface area (Å²) in [5, 5.41) is 2.87. The van der Waals surface area contributed by atoms with Gasteiger partial charge in [-0.1, -0.05) is 37.5 Å². The first kappa shape index (κ1) is 16.8. The van der Waals surface area contributed by atoms with Gasteiger partial charge in [0.2, 0.25) is 5.91 Å². The Morgan fingerprint density at radius 1 is 1.20 bits per heavy atom. The van der Waals surface area contributed by atoms with Gasteiger partial charge in [0.1, 0.15) is 12.4 Å². The highest BCUT2D eigenvalue weighted by Gasteiger charge is 2.34. The molecule has 3 N–H and O–H groups in total. The van der Waals surface area contributed by atoms with E-state index in [9.17, 15) is 4.79 Å². The van der Waals surface area contributed by atoms with E-state index in [-0.39, 0.29) is 18.3 Å². The smallest absolute Gasteiger partial charge is 0.240 e. The molecule has 0 aliphatic heterocycles. The third-order valence-corrected chi connectivity index (χ3v) is 3.60. The molecule has 0 aromatic heterocycles. The molecule has 1 amide bonds. The average Bonchev–Trinajstić information content (AvgIpc) is 2.45. The van der Waals surface area contributed by atoms with E-state index in [0.717, 1.165) is 31.4 Å². The second-order valence-corrected chi connectivity index (χ2v) is 5.13. The van der Waals surface area contributed by atoms with Gasteiger partial charge in [-0.15, -0.1) is 12.4 Å². The van der Waals surface area contributed by atoms with Crippen LogP contribution in [0.4, 0.5) is 0 Å². The number of hydrogen-bond donors (Lipinski definition) is 2. The molecule has 112 valence electrons. The fourth-order valence-electron chi connectivity index (χ4n) is 2.44. The largest absolute Gasteiger partial charge is 0.492 e. The molecule has 0 unspecified atom stereocenters. The van der Waals surface area contributed by atoms with E-state index in [1.165, 1.54) is 6.42 Å². The van der Waals surface area contributed by atoms with Gasteiger partial charge in [-0.25, -0.2) is 0 Å². The van der Waals surface area contributed by atoms with Gasteiger partial charge in [-0.3, -0.25) is 4.79 Å². The topological polar surface area (TPSA) is 64.4 Å². The van der Waals surface area contributed by atoms with Crippen LogP contribution in [0.15, 0.2) is 30.3 Å². The van der Waals surface area contributed by atoms with Gasteiger partial charge in [-0.05, 0) is 25.0 Å². The minimum atomic E-state index is -0.662. The average molecular weight is 299 g/mol. The number of hydrogen-bond acceptors (Lipinski definition) is 3. The molecule has 1 saturated carbocycles. The van der Waals surface area contributed by atoms with Gasteiger partial charge in [0.25, 0.3) is 0 Å². The maximum Gasteiger partial charge on any atom is 0.240 e. The predicted octanol–water partition coefficient (Wildman–Crippen LogP) is 2.26. The zero-order valence-electron chi connectivity index (χ0n) is 11.6. The van der Waals surface area contributed by atoms with Crippen LogP contribution in [-0.2, 0) is 4.79 Å². The minimum Gasteiger partial charge on any atom is -0.492 e. The third-order valence-electron chi connectivity index (χ3n) is 3.60. The van der Waals surface area contributed by atoms with Crippen molar-refractivity contribution < 1.29 is 9.53 Å². The van der Waals surface area contributed by atoms with Gasteiger partial charge >= 0.3 is 0 Å². The molecular formula is C15H23ClN2O2. The molecule has 4 nitrogen and oxygen atoms in total. The van der Waals surface area contributed by atoms with Gasteiger partial charge < -0.3 is 15.8 Å². The fourth-order valence-corrected chi connectivity index (χ4v) is 2.44. The van der Waals surface area contributed by atoms with Crippen molar-refractivity contribution in [1.29, 1.82) is 0 Å². The molecule has 1 aliphatic carbocycles. The van der Waals surface area contributed by atoms with Crippen molar-refractivity contribution in [2.75, 3.05) is 13.2 Å². The molecule has 1 aliphatic rings.